The summed E-state index contributed by atoms with van der Waals surface area (Å²) in [7, 11) is 0. The lowest BCUT2D eigenvalue weighted by Crippen LogP contribution is -2.03. The number of benzene rings is 1. The monoisotopic (exact) mass is 261 g/mol. The molecule has 17 heavy (non-hydrogen) atoms. The molecule has 1 aromatic heterocycles. The van der Waals surface area contributed by atoms with E-state index in [9.17, 15) is 13.2 Å². The van der Waals surface area contributed by atoms with E-state index >= 15 is 0 Å². The van der Waals surface area contributed by atoms with Crippen LogP contribution in [0.25, 0.3) is 5.69 Å². The predicted octanol–water partition coefficient (Wildman–Crippen LogP) is 2.47. The molecule has 1 aromatic carbocycles. The minimum atomic E-state index is -1.04. The van der Waals surface area contributed by atoms with E-state index in [0.717, 1.165) is 4.68 Å². The number of rotatable bonds is 3. The fourth-order valence-electron chi connectivity index (χ4n) is 1.37. The van der Waals surface area contributed by atoms with Crippen LogP contribution in [-0.2, 0) is 6.42 Å². The Bertz CT molecular complexity index is 518. The molecule has 0 amide bonds. The van der Waals surface area contributed by atoms with E-state index in [-0.39, 0.29) is 0 Å². The highest BCUT2D eigenvalue weighted by Crippen LogP contribution is 2.18. The van der Waals surface area contributed by atoms with Crippen molar-refractivity contribution < 1.29 is 13.2 Å². The Morgan fingerprint density at radius 3 is 2.41 bits per heavy atom. The van der Waals surface area contributed by atoms with Crippen molar-refractivity contribution in [1.82, 2.24) is 15.0 Å². The predicted molar refractivity (Wildman–Crippen MR) is 55.7 cm³/mol. The second-order valence-corrected chi connectivity index (χ2v) is 3.69. The molecule has 90 valence electrons. The van der Waals surface area contributed by atoms with Gasteiger partial charge in [0.15, 0.2) is 11.6 Å². The van der Waals surface area contributed by atoms with Gasteiger partial charge >= 0.3 is 0 Å². The molecule has 0 aliphatic carbocycles. The van der Waals surface area contributed by atoms with Gasteiger partial charge in [0.25, 0.3) is 0 Å². The van der Waals surface area contributed by atoms with Crippen LogP contribution in [0.5, 0.6) is 0 Å². The van der Waals surface area contributed by atoms with E-state index in [2.05, 4.69) is 10.3 Å². The minimum Gasteiger partial charge on any atom is -0.214 e. The average molecular weight is 262 g/mol. The number of halogens is 4. The van der Waals surface area contributed by atoms with Crippen LogP contribution in [-0.4, -0.2) is 20.9 Å². The fourth-order valence-corrected chi connectivity index (χ4v) is 1.57. The van der Waals surface area contributed by atoms with Crippen LogP contribution in [0.15, 0.2) is 18.3 Å². The second kappa shape index (κ2) is 4.75. The first-order chi connectivity index (χ1) is 8.11. The van der Waals surface area contributed by atoms with Crippen molar-refractivity contribution in [2.75, 3.05) is 5.88 Å². The molecule has 0 spiro atoms. The second-order valence-electron chi connectivity index (χ2n) is 3.31. The van der Waals surface area contributed by atoms with Crippen LogP contribution in [0.3, 0.4) is 0 Å². The molecule has 2 rings (SSSR count). The van der Waals surface area contributed by atoms with Crippen LogP contribution < -0.4 is 0 Å². The van der Waals surface area contributed by atoms with Crippen molar-refractivity contribution >= 4 is 11.6 Å². The Kier molecular flexibility index (Phi) is 3.33. The number of aromatic nitrogens is 3. The highest BCUT2D eigenvalue weighted by atomic mass is 35.5. The summed E-state index contributed by atoms with van der Waals surface area (Å²) >= 11 is 5.50. The number of hydrogen-bond donors (Lipinski definition) is 0. The summed E-state index contributed by atoms with van der Waals surface area (Å²) in [5.74, 6) is -2.73. The SMILES string of the molecule is Fc1cc(F)c(-n2cc(CCCl)nn2)c(F)c1. The van der Waals surface area contributed by atoms with Gasteiger partial charge in [-0.25, -0.2) is 17.9 Å². The van der Waals surface area contributed by atoms with Gasteiger partial charge in [0.2, 0.25) is 0 Å². The maximum absolute atomic E-state index is 13.4. The van der Waals surface area contributed by atoms with Crippen molar-refractivity contribution in [3.05, 3.63) is 41.5 Å². The van der Waals surface area contributed by atoms with Gasteiger partial charge in [-0.2, -0.15) is 0 Å². The smallest absolute Gasteiger partial charge is 0.154 e. The van der Waals surface area contributed by atoms with Gasteiger partial charge in [0, 0.05) is 24.4 Å². The number of hydrogen-bond acceptors (Lipinski definition) is 2. The molecule has 0 atom stereocenters. The van der Waals surface area contributed by atoms with Gasteiger partial charge < -0.3 is 0 Å². The van der Waals surface area contributed by atoms with E-state index in [0.29, 0.717) is 30.1 Å². The lowest BCUT2D eigenvalue weighted by molar-refractivity contribution is 0.526. The van der Waals surface area contributed by atoms with E-state index in [1.165, 1.54) is 6.20 Å². The van der Waals surface area contributed by atoms with Crippen LogP contribution in [0.2, 0.25) is 0 Å². The van der Waals surface area contributed by atoms with E-state index < -0.39 is 23.1 Å². The van der Waals surface area contributed by atoms with Gasteiger partial charge in [-0.05, 0) is 0 Å². The molecule has 0 saturated carbocycles. The summed E-state index contributed by atoms with van der Waals surface area (Å²) in [5.41, 5.74) is 0.0443. The molecule has 2 aromatic rings. The molecule has 0 aliphatic rings. The third kappa shape index (κ3) is 2.41. The van der Waals surface area contributed by atoms with E-state index in [1.54, 1.807) is 0 Å². The van der Waals surface area contributed by atoms with Crippen LogP contribution >= 0.6 is 11.6 Å². The Morgan fingerprint density at radius 2 is 1.82 bits per heavy atom. The summed E-state index contributed by atoms with van der Waals surface area (Å²) in [6.45, 7) is 0. The Hall–Kier alpha value is -1.56. The number of aryl methyl sites for hydroxylation is 1. The molecule has 0 radical (unpaired) electrons. The van der Waals surface area contributed by atoms with Crippen molar-refractivity contribution in [3.63, 3.8) is 0 Å². The topological polar surface area (TPSA) is 30.7 Å². The Balaban J connectivity index is 2.45. The number of alkyl halides is 1. The Morgan fingerprint density at radius 1 is 1.18 bits per heavy atom. The summed E-state index contributed by atoms with van der Waals surface area (Å²) in [6.07, 6.45) is 1.79. The minimum absolute atomic E-state index is 0.326. The van der Waals surface area contributed by atoms with Crippen molar-refractivity contribution in [1.29, 1.82) is 0 Å². The van der Waals surface area contributed by atoms with Gasteiger partial charge in [-0.3, -0.25) is 0 Å². The molecule has 1 heterocycles. The maximum atomic E-state index is 13.4. The zero-order chi connectivity index (χ0) is 12.4. The summed E-state index contributed by atoms with van der Waals surface area (Å²) in [5, 5.41) is 7.25. The molecular weight excluding hydrogens is 255 g/mol. The van der Waals surface area contributed by atoms with Crippen molar-refractivity contribution in [3.8, 4) is 5.69 Å². The molecule has 0 aliphatic heterocycles. The first-order valence-corrected chi connectivity index (χ1v) is 5.27. The average Bonchev–Trinajstić information content (AvgIpc) is 2.65. The van der Waals surface area contributed by atoms with Crippen LogP contribution in [0, 0.1) is 17.5 Å². The zero-order valence-corrected chi connectivity index (χ0v) is 9.26. The molecule has 0 saturated heterocycles. The normalized spacial score (nSPS) is 10.8. The lowest BCUT2D eigenvalue weighted by atomic mass is 10.3. The highest BCUT2D eigenvalue weighted by molar-refractivity contribution is 6.17. The van der Waals surface area contributed by atoms with Crippen LogP contribution in [0.4, 0.5) is 13.2 Å². The third-order valence-electron chi connectivity index (χ3n) is 2.10. The van der Waals surface area contributed by atoms with Crippen LogP contribution in [0.1, 0.15) is 5.69 Å². The maximum Gasteiger partial charge on any atom is 0.154 e. The van der Waals surface area contributed by atoms with Gasteiger partial charge in [-0.15, -0.1) is 16.7 Å². The quantitative estimate of drug-likeness (QED) is 0.795. The lowest BCUT2D eigenvalue weighted by Gasteiger charge is -2.03. The summed E-state index contributed by atoms with van der Waals surface area (Å²) in [6, 6.07) is 1.17. The highest BCUT2D eigenvalue weighted by Gasteiger charge is 2.15. The van der Waals surface area contributed by atoms with Crippen molar-refractivity contribution in [2.45, 2.75) is 6.42 Å². The first-order valence-electron chi connectivity index (χ1n) is 4.74. The molecule has 0 bridgehead atoms. The standard InChI is InChI=1S/C10H7ClF3N3/c11-2-1-7-5-17(16-15-7)10-8(13)3-6(12)4-9(10)14/h3-5H,1-2H2. The van der Waals surface area contributed by atoms with Gasteiger partial charge in [-0.1, -0.05) is 5.21 Å². The molecular formula is C10H7ClF3N3. The first kappa shape index (κ1) is 11.9. The molecule has 0 unspecified atom stereocenters. The summed E-state index contributed by atoms with van der Waals surface area (Å²) < 4.78 is 40.4. The van der Waals surface area contributed by atoms with Crippen molar-refractivity contribution in [2.24, 2.45) is 0 Å². The van der Waals surface area contributed by atoms with Gasteiger partial charge in [0.05, 0.1) is 11.9 Å². The third-order valence-corrected chi connectivity index (χ3v) is 2.29. The Labute approximate surface area is 99.8 Å². The summed E-state index contributed by atoms with van der Waals surface area (Å²) in [4.78, 5) is 0. The molecule has 3 nitrogen and oxygen atoms in total. The zero-order valence-electron chi connectivity index (χ0n) is 8.50. The van der Waals surface area contributed by atoms with E-state index in [1.807, 2.05) is 0 Å². The van der Waals surface area contributed by atoms with E-state index in [4.69, 9.17) is 11.6 Å². The molecule has 0 N–H and O–H groups in total. The molecule has 7 heteroatoms. The molecule has 0 fully saturated rings. The van der Waals surface area contributed by atoms with Gasteiger partial charge in [0.1, 0.15) is 11.5 Å². The largest absolute Gasteiger partial charge is 0.214 e. The number of nitrogens with zero attached hydrogens (tertiary/aromatic N) is 3. The fraction of sp³-hybridized carbons (Fsp3) is 0.200.